The summed E-state index contributed by atoms with van der Waals surface area (Å²) in [6.07, 6.45) is 0. The van der Waals surface area contributed by atoms with E-state index in [2.05, 4.69) is 5.32 Å². The molecule has 1 heterocycles. The lowest BCUT2D eigenvalue weighted by atomic mass is 10.1. The molecule has 0 aliphatic heterocycles. The molecule has 0 aliphatic carbocycles. The zero-order chi connectivity index (χ0) is 24.5. The normalized spacial score (nSPS) is 12.5. The molecule has 0 spiro atoms. The highest BCUT2D eigenvalue weighted by atomic mass is 35.5. The summed E-state index contributed by atoms with van der Waals surface area (Å²) in [5.41, 5.74) is 2.52. The maximum Gasteiger partial charge on any atom is 0.264 e. The second kappa shape index (κ2) is 9.78. The molecular formula is C26H25ClN2O3S2. The minimum absolute atomic E-state index is 0.176. The monoisotopic (exact) mass is 512 g/mol. The van der Waals surface area contributed by atoms with Crippen LogP contribution in [-0.4, -0.2) is 20.9 Å². The smallest absolute Gasteiger partial charge is 0.264 e. The number of hydrogen-bond donors (Lipinski definition) is 1. The summed E-state index contributed by atoms with van der Waals surface area (Å²) in [4.78, 5) is 13.7. The van der Waals surface area contributed by atoms with Crippen LogP contribution in [0, 0.1) is 6.92 Å². The van der Waals surface area contributed by atoms with Crippen molar-refractivity contribution in [2.75, 3.05) is 10.8 Å². The first-order chi connectivity index (χ1) is 16.2. The van der Waals surface area contributed by atoms with Crippen LogP contribution in [0.15, 0.2) is 77.7 Å². The molecule has 34 heavy (non-hydrogen) atoms. The number of thiophene rings is 1. The molecule has 0 unspecified atom stereocenters. The van der Waals surface area contributed by atoms with E-state index in [0.717, 1.165) is 21.2 Å². The van der Waals surface area contributed by atoms with Gasteiger partial charge in [-0.25, -0.2) is 8.42 Å². The molecule has 0 radical (unpaired) electrons. The molecule has 1 amide bonds. The van der Waals surface area contributed by atoms with Crippen LogP contribution in [0.2, 0.25) is 5.02 Å². The minimum Gasteiger partial charge on any atom is -0.345 e. The lowest BCUT2D eigenvalue weighted by Crippen LogP contribution is -2.30. The number of nitrogens with zero attached hydrogens (tertiary/aromatic N) is 1. The zero-order valence-electron chi connectivity index (χ0n) is 19.1. The van der Waals surface area contributed by atoms with Crippen molar-refractivity contribution in [2.24, 2.45) is 0 Å². The van der Waals surface area contributed by atoms with Gasteiger partial charge in [-0.05, 0) is 80.3 Å². The van der Waals surface area contributed by atoms with E-state index >= 15 is 0 Å². The third kappa shape index (κ3) is 4.97. The number of rotatable bonds is 7. The third-order valence-corrected chi connectivity index (χ3v) is 8.91. The van der Waals surface area contributed by atoms with Gasteiger partial charge in [0.1, 0.15) is 0 Å². The van der Waals surface area contributed by atoms with Crippen molar-refractivity contribution in [1.82, 2.24) is 5.32 Å². The SMILES string of the molecule is CCN(c1ccc2sc(C(=O)N[C@@H](C)c3ccc(Cl)cc3)cc2c1)S(=O)(=O)c1ccc(C)cc1. The molecule has 8 heteroatoms. The predicted molar refractivity (Wildman–Crippen MR) is 141 cm³/mol. The number of nitrogens with one attached hydrogen (secondary N) is 1. The van der Waals surface area contributed by atoms with Gasteiger partial charge in [-0.3, -0.25) is 9.10 Å². The van der Waals surface area contributed by atoms with Gasteiger partial charge < -0.3 is 5.32 Å². The molecule has 4 aromatic rings. The number of amides is 1. The van der Waals surface area contributed by atoms with Gasteiger partial charge >= 0.3 is 0 Å². The van der Waals surface area contributed by atoms with Gasteiger partial charge in [-0.2, -0.15) is 0 Å². The number of hydrogen-bond acceptors (Lipinski definition) is 4. The van der Waals surface area contributed by atoms with E-state index < -0.39 is 10.0 Å². The lowest BCUT2D eigenvalue weighted by molar-refractivity contribution is 0.0944. The van der Waals surface area contributed by atoms with Gasteiger partial charge in [0.25, 0.3) is 15.9 Å². The van der Waals surface area contributed by atoms with Crippen molar-refractivity contribution in [1.29, 1.82) is 0 Å². The van der Waals surface area contributed by atoms with Crippen LogP contribution in [0.5, 0.6) is 0 Å². The molecule has 0 bridgehead atoms. The second-order valence-corrected chi connectivity index (χ2v) is 11.4. The van der Waals surface area contributed by atoms with Crippen molar-refractivity contribution < 1.29 is 13.2 Å². The highest BCUT2D eigenvalue weighted by Crippen LogP contribution is 2.32. The Bertz CT molecular complexity index is 1430. The molecule has 1 atom stereocenters. The summed E-state index contributed by atoms with van der Waals surface area (Å²) in [7, 11) is -3.70. The number of fused-ring (bicyclic) bond motifs is 1. The molecule has 176 valence electrons. The summed E-state index contributed by atoms with van der Waals surface area (Å²) >= 11 is 7.33. The Morgan fingerprint density at radius 1 is 1.03 bits per heavy atom. The first-order valence-corrected chi connectivity index (χ1v) is 13.5. The molecule has 0 fully saturated rings. The van der Waals surface area contributed by atoms with E-state index in [1.807, 2.05) is 38.1 Å². The average Bonchev–Trinajstić information content (AvgIpc) is 3.24. The van der Waals surface area contributed by atoms with E-state index in [0.29, 0.717) is 15.6 Å². The Morgan fingerprint density at radius 2 is 1.71 bits per heavy atom. The van der Waals surface area contributed by atoms with Crippen LogP contribution in [0.3, 0.4) is 0 Å². The Morgan fingerprint density at radius 3 is 2.35 bits per heavy atom. The minimum atomic E-state index is -3.70. The first-order valence-electron chi connectivity index (χ1n) is 10.9. The van der Waals surface area contributed by atoms with Crippen LogP contribution < -0.4 is 9.62 Å². The fraction of sp³-hybridized carbons (Fsp3) is 0.192. The molecule has 0 saturated carbocycles. The number of benzene rings is 3. The van der Waals surface area contributed by atoms with E-state index in [9.17, 15) is 13.2 Å². The number of carbonyl (C=O) groups excluding carboxylic acids is 1. The number of sulfonamides is 1. The van der Waals surface area contributed by atoms with Gasteiger partial charge in [0.2, 0.25) is 0 Å². The topological polar surface area (TPSA) is 66.5 Å². The van der Waals surface area contributed by atoms with E-state index in [-0.39, 0.29) is 23.4 Å². The second-order valence-electron chi connectivity index (χ2n) is 8.06. The highest BCUT2D eigenvalue weighted by molar-refractivity contribution is 7.92. The summed E-state index contributed by atoms with van der Waals surface area (Å²) in [6.45, 7) is 5.93. The molecule has 1 aromatic heterocycles. The van der Waals surface area contributed by atoms with Gasteiger partial charge in [0.15, 0.2) is 0 Å². The number of halogens is 1. The van der Waals surface area contributed by atoms with Crippen LogP contribution in [0.1, 0.15) is 40.7 Å². The standard InChI is InChI=1S/C26H25ClN2O3S2/c1-4-29(34(31,32)23-12-5-17(2)6-13-23)22-11-14-24-20(15-22)16-25(33-24)26(30)28-18(3)19-7-9-21(27)10-8-19/h5-16,18H,4H2,1-3H3,(H,28,30)/t18-/m0/s1. The van der Waals surface area contributed by atoms with Crippen molar-refractivity contribution in [2.45, 2.75) is 31.7 Å². The molecular weight excluding hydrogens is 488 g/mol. The molecule has 4 rings (SSSR count). The van der Waals surface area contributed by atoms with Crippen molar-refractivity contribution in [3.63, 3.8) is 0 Å². The summed E-state index contributed by atoms with van der Waals surface area (Å²) in [6, 6.07) is 21.3. The lowest BCUT2D eigenvalue weighted by Gasteiger charge is -2.23. The fourth-order valence-electron chi connectivity index (χ4n) is 3.73. The van der Waals surface area contributed by atoms with E-state index in [1.54, 1.807) is 55.5 Å². The van der Waals surface area contributed by atoms with Gasteiger partial charge in [-0.15, -0.1) is 11.3 Å². The molecule has 0 aliphatic rings. The molecule has 0 saturated heterocycles. The van der Waals surface area contributed by atoms with E-state index in [1.165, 1.54) is 15.6 Å². The summed E-state index contributed by atoms with van der Waals surface area (Å²) in [5.74, 6) is -0.176. The molecule has 3 aromatic carbocycles. The van der Waals surface area contributed by atoms with Crippen molar-refractivity contribution >= 4 is 54.6 Å². The van der Waals surface area contributed by atoms with Crippen LogP contribution >= 0.6 is 22.9 Å². The maximum atomic E-state index is 13.3. The quantitative estimate of drug-likeness (QED) is 0.304. The molecule has 1 N–H and O–H groups in total. The first kappa shape index (κ1) is 24.3. The van der Waals surface area contributed by atoms with Gasteiger partial charge in [0, 0.05) is 16.3 Å². The highest BCUT2D eigenvalue weighted by Gasteiger charge is 2.24. The number of carbonyl (C=O) groups is 1. The average molecular weight is 513 g/mol. The van der Waals surface area contributed by atoms with Gasteiger partial charge in [0.05, 0.1) is 21.5 Å². The largest absolute Gasteiger partial charge is 0.345 e. The predicted octanol–water partition coefficient (Wildman–Crippen LogP) is 6.57. The van der Waals surface area contributed by atoms with Crippen LogP contribution in [-0.2, 0) is 10.0 Å². The fourth-order valence-corrected chi connectivity index (χ4v) is 6.27. The zero-order valence-corrected chi connectivity index (χ0v) is 21.5. The molecule has 5 nitrogen and oxygen atoms in total. The summed E-state index contributed by atoms with van der Waals surface area (Å²) < 4.78 is 28.8. The number of anilines is 1. The van der Waals surface area contributed by atoms with Crippen LogP contribution in [0.4, 0.5) is 5.69 Å². The number of aryl methyl sites for hydroxylation is 1. The van der Waals surface area contributed by atoms with Crippen molar-refractivity contribution in [3.8, 4) is 0 Å². The Labute approximate surface area is 209 Å². The Kier molecular flexibility index (Phi) is 6.98. The van der Waals surface area contributed by atoms with Crippen molar-refractivity contribution in [3.05, 3.63) is 93.8 Å². The Hall–Kier alpha value is -2.87. The third-order valence-electron chi connectivity index (χ3n) is 5.63. The van der Waals surface area contributed by atoms with Crippen LogP contribution in [0.25, 0.3) is 10.1 Å². The summed E-state index contributed by atoms with van der Waals surface area (Å²) in [5, 5.41) is 4.48. The Balaban J connectivity index is 1.59. The maximum absolute atomic E-state index is 13.3. The van der Waals surface area contributed by atoms with Gasteiger partial charge in [-0.1, -0.05) is 41.4 Å². The van der Waals surface area contributed by atoms with E-state index in [4.69, 9.17) is 11.6 Å².